The van der Waals surface area contributed by atoms with Crippen molar-refractivity contribution in [3.63, 3.8) is 0 Å². The molecule has 2 rings (SSSR count). The lowest BCUT2D eigenvalue weighted by atomic mass is 10.3. The molecule has 0 aliphatic carbocycles. The number of hydrogen-bond donors (Lipinski definition) is 0. The number of aromatic nitrogens is 2. The lowest BCUT2D eigenvalue weighted by molar-refractivity contribution is 0.0522. The molecule has 0 aromatic carbocycles. The fraction of sp³-hybridized carbons (Fsp3) is 0.273. The summed E-state index contributed by atoms with van der Waals surface area (Å²) in [5.74, 6) is -0.383. The molecule has 2 aromatic rings. The number of esters is 1. The van der Waals surface area contributed by atoms with Crippen LogP contribution in [-0.4, -0.2) is 22.0 Å². The molecule has 0 bridgehead atoms. The van der Waals surface area contributed by atoms with Gasteiger partial charge in [-0.2, -0.15) is 0 Å². The molecule has 0 unspecified atom stereocenters. The van der Waals surface area contributed by atoms with Crippen LogP contribution in [0.1, 0.15) is 23.1 Å². The average molecular weight is 283 g/mol. The quantitative estimate of drug-likeness (QED) is 0.796. The topological polar surface area (TPSA) is 43.6 Å². The minimum Gasteiger partial charge on any atom is -0.461 e. The monoisotopic (exact) mass is 282 g/mol. The molecule has 84 valence electrons. The van der Waals surface area contributed by atoms with Crippen LogP contribution in [0.5, 0.6) is 0 Å². The van der Waals surface area contributed by atoms with Crippen molar-refractivity contribution in [1.29, 1.82) is 0 Å². The first-order valence-electron chi connectivity index (χ1n) is 4.94. The molecule has 0 aliphatic heterocycles. The largest absolute Gasteiger partial charge is 0.461 e. The number of nitrogens with zero attached hydrogens (tertiary/aromatic N) is 2. The molecule has 2 heterocycles. The van der Waals surface area contributed by atoms with Gasteiger partial charge in [0, 0.05) is 10.2 Å². The summed E-state index contributed by atoms with van der Waals surface area (Å²) in [6.07, 6.45) is 1.63. The van der Waals surface area contributed by atoms with Crippen molar-refractivity contribution in [2.24, 2.45) is 0 Å². The van der Waals surface area contributed by atoms with E-state index < -0.39 is 0 Å². The Hall–Kier alpha value is -1.36. The summed E-state index contributed by atoms with van der Waals surface area (Å²) in [7, 11) is 0. The third-order valence-electron chi connectivity index (χ3n) is 2.37. The molecule has 0 fully saturated rings. The first-order valence-corrected chi connectivity index (χ1v) is 5.73. The molecule has 0 saturated heterocycles. The second kappa shape index (κ2) is 4.25. The summed E-state index contributed by atoms with van der Waals surface area (Å²) in [4.78, 5) is 15.7. The molecule has 0 amide bonds. The number of aryl methyl sites for hydroxylation is 1. The van der Waals surface area contributed by atoms with E-state index in [1.54, 1.807) is 13.3 Å². The van der Waals surface area contributed by atoms with Crippen molar-refractivity contribution in [3.8, 4) is 0 Å². The van der Waals surface area contributed by atoms with Crippen molar-refractivity contribution in [2.75, 3.05) is 6.61 Å². The summed E-state index contributed by atoms with van der Waals surface area (Å²) in [5.41, 5.74) is 2.12. The molecule has 4 nitrogen and oxygen atoms in total. The van der Waals surface area contributed by atoms with Crippen molar-refractivity contribution in [1.82, 2.24) is 9.38 Å². The number of fused-ring (bicyclic) bond motifs is 1. The van der Waals surface area contributed by atoms with Crippen molar-refractivity contribution in [2.45, 2.75) is 13.8 Å². The van der Waals surface area contributed by atoms with Gasteiger partial charge >= 0.3 is 5.97 Å². The van der Waals surface area contributed by atoms with Gasteiger partial charge in [-0.1, -0.05) is 0 Å². The Morgan fingerprint density at radius 3 is 3.00 bits per heavy atom. The maximum absolute atomic E-state index is 11.6. The molecule has 16 heavy (non-hydrogen) atoms. The fourth-order valence-electron chi connectivity index (χ4n) is 1.53. The maximum Gasteiger partial charge on any atom is 0.359 e. The highest BCUT2D eigenvalue weighted by Gasteiger charge is 2.15. The summed E-state index contributed by atoms with van der Waals surface area (Å²) in [5, 5.41) is 0. The number of ether oxygens (including phenoxy) is 1. The molecular weight excluding hydrogens is 272 g/mol. The summed E-state index contributed by atoms with van der Waals surface area (Å²) in [6.45, 7) is 4.08. The zero-order valence-corrected chi connectivity index (χ0v) is 10.6. The Morgan fingerprint density at radius 1 is 1.56 bits per heavy atom. The minimum atomic E-state index is -0.383. The van der Waals surface area contributed by atoms with Gasteiger partial charge in [-0.05, 0) is 41.9 Å². The molecular formula is C11H11BrN2O2. The number of halogens is 1. The highest BCUT2D eigenvalue weighted by Crippen LogP contribution is 2.20. The zero-order chi connectivity index (χ0) is 11.7. The molecule has 0 spiro atoms. The zero-order valence-electron chi connectivity index (χ0n) is 9.03. The fourth-order valence-corrected chi connectivity index (χ4v) is 1.85. The predicted octanol–water partition coefficient (Wildman–Crippen LogP) is 2.58. The lowest BCUT2D eigenvalue weighted by Gasteiger charge is -2.03. The van der Waals surface area contributed by atoms with Gasteiger partial charge in [-0.3, -0.25) is 0 Å². The highest BCUT2D eigenvalue weighted by molar-refractivity contribution is 9.10. The first kappa shape index (κ1) is 11.1. The Morgan fingerprint density at radius 2 is 2.31 bits per heavy atom. The molecule has 0 saturated carbocycles. The number of hydrogen-bond acceptors (Lipinski definition) is 3. The van der Waals surface area contributed by atoms with Gasteiger partial charge in [-0.15, -0.1) is 0 Å². The Labute approximate surface area is 101 Å². The number of rotatable bonds is 2. The summed E-state index contributed by atoms with van der Waals surface area (Å²) >= 11 is 3.43. The third kappa shape index (κ3) is 1.71. The van der Waals surface area contributed by atoms with Crippen LogP contribution in [0.4, 0.5) is 0 Å². The van der Waals surface area contributed by atoms with Gasteiger partial charge in [0.2, 0.25) is 0 Å². The van der Waals surface area contributed by atoms with E-state index in [2.05, 4.69) is 20.9 Å². The number of carbonyl (C=O) groups is 1. The molecule has 0 aliphatic rings. The average Bonchev–Trinajstić information content (AvgIpc) is 2.68. The van der Waals surface area contributed by atoms with Gasteiger partial charge < -0.3 is 9.14 Å². The van der Waals surface area contributed by atoms with Crippen LogP contribution >= 0.6 is 15.9 Å². The smallest absolute Gasteiger partial charge is 0.359 e. The van der Waals surface area contributed by atoms with Gasteiger partial charge in [0.15, 0.2) is 5.69 Å². The number of carbonyl (C=O) groups excluding carboxylic acids is 1. The van der Waals surface area contributed by atoms with Crippen LogP contribution in [0, 0.1) is 6.92 Å². The molecule has 2 aromatic heterocycles. The van der Waals surface area contributed by atoms with E-state index in [1.807, 2.05) is 23.5 Å². The van der Waals surface area contributed by atoms with E-state index in [0.717, 1.165) is 15.7 Å². The van der Waals surface area contributed by atoms with Crippen LogP contribution in [0.15, 0.2) is 22.9 Å². The standard InChI is InChI=1S/C11H11BrN2O2/c1-3-16-11(15)10-9-5-4-8(12)7(2)14(9)6-13-10/h4-6H,3H2,1-2H3. The summed E-state index contributed by atoms with van der Waals surface area (Å²) < 4.78 is 7.77. The predicted molar refractivity (Wildman–Crippen MR) is 63.6 cm³/mol. The van der Waals surface area contributed by atoms with Gasteiger partial charge in [0.05, 0.1) is 12.1 Å². The van der Waals surface area contributed by atoms with Crippen molar-refractivity contribution < 1.29 is 9.53 Å². The van der Waals surface area contributed by atoms with E-state index in [-0.39, 0.29) is 5.97 Å². The molecule has 0 N–H and O–H groups in total. The van der Waals surface area contributed by atoms with E-state index in [9.17, 15) is 4.79 Å². The number of pyridine rings is 1. The van der Waals surface area contributed by atoms with Gasteiger partial charge in [0.25, 0.3) is 0 Å². The van der Waals surface area contributed by atoms with Crippen LogP contribution in [0.2, 0.25) is 0 Å². The minimum absolute atomic E-state index is 0.355. The number of imidazole rings is 1. The Kier molecular flexibility index (Phi) is 2.96. The normalized spacial score (nSPS) is 10.7. The van der Waals surface area contributed by atoms with Gasteiger partial charge in [0.1, 0.15) is 6.33 Å². The van der Waals surface area contributed by atoms with Crippen molar-refractivity contribution >= 4 is 27.4 Å². The molecule has 5 heteroatoms. The van der Waals surface area contributed by atoms with Crippen molar-refractivity contribution in [3.05, 3.63) is 34.3 Å². The van der Waals surface area contributed by atoms with E-state index >= 15 is 0 Å². The van der Waals surface area contributed by atoms with Crippen LogP contribution < -0.4 is 0 Å². The van der Waals surface area contributed by atoms with E-state index in [1.165, 1.54) is 0 Å². The van der Waals surface area contributed by atoms with Crippen LogP contribution in [-0.2, 0) is 4.74 Å². The second-order valence-corrected chi connectivity index (χ2v) is 4.19. The SMILES string of the molecule is CCOC(=O)c1ncn2c(C)c(Br)ccc12. The summed E-state index contributed by atoms with van der Waals surface area (Å²) in [6, 6.07) is 3.74. The second-order valence-electron chi connectivity index (χ2n) is 3.34. The Bertz CT molecular complexity index is 548. The maximum atomic E-state index is 11.6. The van der Waals surface area contributed by atoms with E-state index in [4.69, 9.17) is 4.74 Å². The van der Waals surface area contributed by atoms with Crippen LogP contribution in [0.3, 0.4) is 0 Å². The first-order chi connectivity index (χ1) is 7.65. The molecule has 0 radical (unpaired) electrons. The van der Waals surface area contributed by atoms with Crippen LogP contribution in [0.25, 0.3) is 5.52 Å². The third-order valence-corrected chi connectivity index (χ3v) is 3.21. The highest BCUT2D eigenvalue weighted by atomic mass is 79.9. The van der Waals surface area contributed by atoms with E-state index in [0.29, 0.717) is 12.3 Å². The lowest BCUT2D eigenvalue weighted by Crippen LogP contribution is -2.05. The van der Waals surface area contributed by atoms with Gasteiger partial charge in [-0.25, -0.2) is 9.78 Å². The molecule has 0 atom stereocenters. The Balaban J connectivity index is 2.58.